The minimum atomic E-state index is 0.263. The van der Waals surface area contributed by atoms with Gasteiger partial charge in [0, 0.05) is 10.6 Å². The molecule has 4 nitrogen and oxygen atoms in total. The first-order chi connectivity index (χ1) is 9.08. The molecule has 19 heavy (non-hydrogen) atoms. The van der Waals surface area contributed by atoms with E-state index in [1.165, 1.54) is 4.88 Å². The first kappa shape index (κ1) is 12.6. The number of rotatable bonds is 2. The molecule has 0 N–H and O–H groups in total. The van der Waals surface area contributed by atoms with Crippen molar-refractivity contribution in [1.29, 1.82) is 0 Å². The highest BCUT2D eigenvalue weighted by Gasteiger charge is 2.14. The number of thiophene rings is 1. The Balaban J connectivity index is 2.33. The molecule has 0 aliphatic rings. The fraction of sp³-hybridized carbons (Fsp3) is 0.308. The fourth-order valence-corrected chi connectivity index (χ4v) is 3.29. The molecule has 6 heteroatoms. The van der Waals surface area contributed by atoms with Gasteiger partial charge in [0.05, 0.1) is 11.1 Å². The van der Waals surface area contributed by atoms with Gasteiger partial charge in [-0.1, -0.05) is 6.92 Å². The summed E-state index contributed by atoms with van der Waals surface area (Å²) in [6, 6.07) is 4.15. The van der Waals surface area contributed by atoms with E-state index in [0.717, 1.165) is 33.8 Å². The van der Waals surface area contributed by atoms with Gasteiger partial charge in [-0.15, -0.1) is 11.3 Å². The van der Waals surface area contributed by atoms with Gasteiger partial charge in [0.15, 0.2) is 5.82 Å². The van der Waals surface area contributed by atoms with Crippen LogP contribution < -0.4 is 0 Å². The number of halogens is 1. The molecule has 0 aliphatic carbocycles. The van der Waals surface area contributed by atoms with Crippen LogP contribution in [0.4, 0.5) is 0 Å². The van der Waals surface area contributed by atoms with Gasteiger partial charge in [-0.05, 0) is 44.0 Å². The second-order valence-corrected chi connectivity index (χ2v) is 5.89. The van der Waals surface area contributed by atoms with Gasteiger partial charge in [0.2, 0.25) is 5.28 Å². The summed E-state index contributed by atoms with van der Waals surface area (Å²) in [5.41, 5.74) is 2.00. The fourth-order valence-electron chi connectivity index (χ4n) is 2.11. The lowest BCUT2D eigenvalue weighted by atomic mass is 10.3. The maximum atomic E-state index is 6.03. The SMILES string of the molecule is CCc1cc2c(-n3nc(C)cc3C)nc(Cl)nc2s1. The van der Waals surface area contributed by atoms with Crippen LogP contribution in [0.3, 0.4) is 0 Å². The van der Waals surface area contributed by atoms with E-state index in [1.54, 1.807) is 11.3 Å². The number of fused-ring (bicyclic) bond motifs is 1. The maximum absolute atomic E-state index is 6.03. The Hall–Kier alpha value is -1.46. The third-order valence-electron chi connectivity index (χ3n) is 2.96. The second-order valence-electron chi connectivity index (χ2n) is 4.44. The van der Waals surface area contributed by atoms with Crippen LogP contribution in [0.2, 0.25) is 5.28 Å². The summed E-state index contributed by atoms with van der Waals surface area (Å²) in [4.78, 5) is 10.8. The lowest BCUT2D eigenvalue weighted by molar-refractivity contribution is 0.811. The van der Waals surface area contributed by atoms with Gasteiger partial charge in [-0.2, -0.15) is 10.1 Å². The number of hydrogen-bond donors (Lipinski definition) is 0. The molecular formula is C13H13ClN4S. The van der Waals surface area contributed by atoms with Crippen molar-refractivity contribution in [1.82, 2.24) is 19.7 Å². The van der Waals surface area contributed by atoms with E-state index >= 15 is 0 Å². The molecule has 0 radical (unpaired) electrons. The Morgan fingerprint density at radius 1 is 1.26 bits per heavy atom. The summed E-state index contributed by atoms with van der Waals surface area (Å²) < 4.78 is 1.83. The van der Waals surface area contributed by atoms with Gasteiger partial charge in [-0.25, -0.2) is 9.67 Å². The minimum absolute atomic E-state index is 0.263. The van der Waals surface area contributed by atoms with Crippen molar-refractivity contribution in [3.8, 4) is 5.82 Å². The van der Waals surface area contributed by atoms with E-state index in [0.29, 0.717) is 0 Å². The Labute approximate surface area is 120 Å². The molecule has 3 heterocycles. The summed E-state index contributed by atoms with van der Waals surface area (Å²) >= 11 is 7.68. The molecule has 0 spiro atoms. The predicted molar refractivity (Wildman–Crippen MR) is 78.4 cm³/mol. The van der Waals surface area contributed by atoms with E-state index in [2.05, 4.69) is 28.1 Å². The molecule has 3 aromatic rings. The third-order valence-corrected chi connectivity index (χ3v) is 4.30. The summed E-state index contributed by atoms with van der Waals surface area (Å²) in [7, 11) is 0. The standard InChI is InChI=1S/C13H13ClN4S/c1-4-9-6-10-11(15-13(14)16-12(10)19-9)18-8(3)5-7(2)17-18/h5-6H,4H2,1-3H3. The Kier molecular flexibility index (Phi) is 3.03. The van der Waals surface area contributed by atoms with Crippen molar-refractivity contribution in [2.45, 2.75) is 27.2 Å². The lowest BCUT2D eigenvalue weighted by Gasteiger charge is -2.04. The third kappa shape index (κ3) is 2.13. The Morgan fingerprint density at radius 2 is 2.05 bits per heavy atom. The van der Waals surface area contributed by atoms with Crippen molar-refractivity contribution in [2.24, 2.45) is 0 Å². The molecule has 0 saturated heterocycles. The van der Waals surface area contributed by atoms with Crippen LogP contribution in [-0.4, -0.2) is 19.7 Å². The Morgan fingerprint density at radius 3 is 2.68 bits per heavy atom. The maximum Gasteiger partial charge on any atom is 0.225 e. The first-order valence-electron chi connectivity index (χ1n) is 6.08. The van der Waals surface area contributed by atoms with Gasteiger partial charge in [-0.3, -0.25) is 0 Å². The molecule has 0 bridgehead atoms. The molecular weight excluding hydrogens is 280 g/mol. The number of nitrogens with zero attached hydrogens (tertiary/aromatic N) is 4. The van der Waals surface area contributed by atoms with E-state index in [4.69, 9.17) is 11.6 Å². The predicted octanol–water partition coefficient (Wildman–Crippen LogP) is 3.71. The largest absolute Gasteiger partial charge is 0.225 e. The molecule has 98 valence electrons. The smallest absolute Gasteiger partial charge is 0.219 e. The number of hydrogen-bond acceptors (Lipinski definition) is 4. The molecule has 0 saturated carbocycles. The van der Waals surface area contributed by atoms with Crippen LogP contribution in [0.25, 0.3) is 16.0 Å². The highest BCUT2D eigenvalue weighted by molar-refractivity contribution is 7.18. The molecule has 0 atom stereocenters. The average Bonchev–Trinajstić information content (AvgIpc) is 2.91. The minimum Gasteiger partial charge on any atom is -0.219 e. The van der Waals surface area contributed by atoms with E-state index in [9.17, 15) is 0 Å². The highest BCUT2D eigenvalue weighted by atomic mass is 35.5. The summed E-state index contributed by atoms with van der Waals surface area (Å²) in [6.07, 6.45) is 0.981. The molecule has 0 fully saturated rings. The van der Waals surface area contributed by atoms with Gasteiger partial charge < -0.3 is 0 Å². The zero-order chi connectivity index (χ0) is 13.6. The Bertz CT molecular complexity index is 759. The monoisotopic (exact) mass is 292 g/mol. The topological polar surface area (TPSA) is 43.6 Å². The van der Waals surface area contributed by atoms with Gasteiger partial charge >= 0.3 is 0 Å². The quantitative estimate of drug-likeness (QED) is 0.676. The van der Waals surface area contributed by atoms with Crippen LogP contribution >= 0.6 is 22.9 Å². The molecule has 0 aliphatic heterocycles. The zero-order valence-electron chi connectivity index (χ0n) is 10.9. The molecule has 0 aromatic carbocycles. The zero-order valence-corrected chi connectivity index (χ0v) is 12.5. The normalized spacial score (nSPS) is 11.4. The van der Waals surface area contributed by atoms with Crippen LogP contribution in [-0.2, 0) is 6.42 Å². The van der Waals surface area contributed by atoms with Crippen LogP contribution in [0.5, 0.6) is 0 Å². The van der Waals surface area contributed by atoms with Crippen LogP contribution in [0.15, 0.2) is 12.1 Å². The molecule has 3 rings (SSSR count). The van der Waals surface area contributed by atoms with Crippen molar-refractivity contribution in [2.75, 3.05) is 0 Å². The van der Waals surface area contributed by atoms with E-state index in [1.807, 2.05) is 24.6 Å². The number of aryl methyl sites for hydroxylation is 3. The lowest BCUT2D eigenvalue weighted by Crippen LogP contribution is -2.03. The van der Waals surface area contributed by atoms with Gasteiger partial charge in [0.1, 0.15) is 4.83 Å². The van der Waals surface area contributed by atoms with Crippen molar-refractivity contribution >= 4 is 33.2 Å². The molecule has 0 unspecified atom stereocenters. The van der Waals surface area contributed by atoms with Crippen molar-refractivity contribution in [3.05, 3.63) is 33.7 Å². The number of aromatic nitrogens is 4. The first-order valence-corrected chi connectivity index (χ1v) is 7.27. The van der Waals surface area contributed by atoms with Crippen LogP contribution in [0, 0.1) is 13.8 Å². The second kappa shape index (κ2) is 4.58. The highest BCUT2D eigenvalue weighted by Crippen LogP contribution is 2.29. The van der Waals surface area contributed by atoms with Crippen LogP contribution in [0.1, 0.15) is 23.2 Å². The summed E-state index contributed by atoms with van der Waals surface area (Å²) in [5.74, 6) is 0.761. The van der Waals surface area contributed by atoms with Crippen molar-refractivity contribution in [3.63, 3.8) is 0 Å². The summed E-state index contributed by atoms with van der Waals surface area (Å²) in [6.45, 7) is 6.10. The van der Waals surface area contributed by atoms with E-state index < -0.39 is 0 Å². The van der Waals surface area contributed by atoms with Gasteiger partial charge in [0.25, 0.3) is 0 Å². The molecule has 3 aromatic heterocycles. The molecule has 0 amide bonds. The van der Waals surface area contributed by atoms with E-state index in [-0.39, 0.29) is 5.28 Å². The summed E-state index contributed by atoms with van der Waals surface area (Å²) in [5, 5.41) is 5.75. The average molecular weight is 293 g/mol. The van der Waals surface area contributed by atoms with Crippen molar-refractivity contribution < 1.29 is 0 Å².